The summed E-state index contributed by atoms with van der Waals surface area (Å²) in [5.41, 5.74) is 3.06. The second kappa shape index (κ2) is 6.41. The molecule has 0 spiro atoms. The Balaban J connectivity index is 1.70. The molecule has 3 heteroatoms. The first-order valence-corrected chi connectivity index (χ1v) is 7.70. The largest absolute Gasteiger partial charge is 0.497 e. The second-order valence-corrected chi connectivity index (χ2v) is 6.15. The zero-order chi connectivity index (χ0) is 15.4. The lowest BCUT2D eigenvalue weighted by Gasteiger charge is -2.43. The average molecular weight is 297 g/mol. The van der Waals surface area contributed by atoms with Crippen LogP contribution in [0.1, 0.15) is 11.1 Å². The number of ether oxygens (including phenoxy) is 2. The molecule has 3 nitrogen and oxygen atoms in total. The quantitative estimate of drug-likeness (QED) is 0.889. The second-order valence-electron chi connectivity index (χ2n) is 6.15. The molecule has 0 saturated carbocycles. The van der Waals surface area contributed by atoms with Crippen LogP contribution in [0, 0.1) is 5.41 Å². The smallest absolute Gasteiger partial charge is 0.118 e. The van der Waals surface area contributed by atoms with Gasteiger partial charge < -0.3 is 14.8 Å². The summed E-state index contributed by atoms with van der Waals surface area (Å²) in [5, 5.41) is 3.44. The van der Waals surface area contributed by atoms with Crippen LogP contribution < -0.4 is 14.8 Å². The monoisotopic (exact) mass is 297 g/mol. The van der Waals surface area contributed by atoms with E-state index in [-0.39, 0.29) is 0 Å². The molecule has 22 heavy (non-hydrogen) atoms. The van der Waals surface area contributed by atoms with Crippen LogP contribution in [0.5, 0.6) is 11.5 Å². The van der Waals surface area contributed by atoms with Gasteiger partial charge >= 0.3 is 0 Å². The molecule has 1 N–H and O–H groups in total. The van der Waals surface area contributed by atoms with Crippen molar-refractivity contribution in [3.05, 3.63) is 59.7 Å². The van der Waals surface area contributed by atoms with E-state index in [1.54, 1.807) is 14.2 Å². The van der Waals surface area contributed by atoms with Crippen LogP contribution in [0.2, 0.25) is 0 Å². The van der Waals surface area contributed by atoms with Crippen molar-refractivity contribution in [3.63, 3.8) is 0 Å². The maximum Gasteiger partial charge on any atom is 0.118 e. The minimum atomic E-state index is 0.323. The molecule has 116 valence electrons. The number of methoxy groups -OCH3 is 2. The first kappa shape index (κ1) is 14.9. The summed E-state index contributed by atoms with van der Waals surface area (Å²) in [7, 11) is 3.41. The van der Waals surface area contributed by atoms with E-state index >= 15 is 0 Å². The summed E-state index contributed by atoms with van der Waals surface area (Å²) in [5.74, 6) is 1.83. The van der Waals surface area contributed by atoms with Crippen molar-refractivity contribution in [2.24, 2.45) is 5.41 Å². The Bertz CT molecular complexity index is 549. The lowest BCUT2D eigenvalue weighted by Crippen LogP contribution is -2.56. The lowest BCUT2D eigenvalue weighted by molar-refractivity contribution is 0.166. The van der Waals surface area contributed by atoms with Gasteiger partial charge in [-0.3, -0.25) is 0 Å². The predicted octanol–water partition coefficient (Wildman–Crippen LogP) is 3.08. The van der Waals surface area contributed by atoms with Crippen LogP contribution in [0.4, 0.5) is 0 Å². The van der Waals surface area contributed by atoms with Crippen molar-refractivity contribution < 1.29 is 9.47 Å². The van der Waals surface area contributed by atoms with Gasteiger partial charge in [0.1, 0.15) is 11.5 Å². The predicted molar refractivity (Wildman–Crippen MR) is 88.7 cm³/mol. The van der Waals surface area contributed by atoms with Crippen molar-refractivity contribution >= 4 is 0 Å². The summed E-state index contributed by atoms with van der Waals surface area (Å²) in [4.78, 5) is 0. The highest BCUT2D eigenvalue weighted by atomic mass is 16.5. The van der Waals surface area contributed by atoms with Gasteiger partial charge in [-0.2, -0.15) is 0 Å². The topological polar surface area (TPSA) is 30.5 Å². The molecule has 0 bridgehead atoms. The van der Waals surface area contributed by atoms with E-state index in [2.05, 4.69) is 29.6 Å². The van der Waals surface area contributed by atoms with Crippen molar-refractivity contribution in [2.45, 2.75) is 12.8 Å². The van der Waals surface area contributed by atoms with Gasteiger partial charge in [0.05, 0.1) is 14.2 Å². The third-order valence-electron chi connectivity index (χ3n) is 4.48. The highest BCUT2D eigenvalue weighted by molar-refractivity contribution is 5.31. The Labute approximate surface area is 132 Å². The third-order valence-corrected chi connectivity index (χ3v) is 4.48. The summed E-state index contributed by atoms with van der Waals surface area (Å²) in [6, 6.07) is 16.9. The van der Waals surface area contributed by atoms with Gasteiger partial charge in [-0.15, -0.1) is 0 Å². The minimum Gasteiger partial charge on any atom is -0.497 e. The number of nitrogens with one attached hydrogen (secondary N) is 1. The van der Waals surface area contributed by atoms with Gasteiger partial charge in [0.2, 0.25) is 0 Å². The van der Waals surface area contributed by atoms with Gasteiger partial charge in [0.25, 0.3) is 0 Å². The zero-order valence-electron chi connectivity index (χ0n) is 13.3. The number of hydrogen-bond acceptors (Lipinski definition) is 3. The van der Waals surface area contributed by atoms with Crippen molar-refractivity contribution in [2.75, 3.05) is 27.3 Å². The van der Waals surface area contributed by atoms with Crippen molar-refractivity contribution in [3.8, 4) is 11.5 Å². The molecule has 0 atom stereocenters. The molecule has 0 aromatic heterocycles. The molecule has 1 heterocycles. The maximum absolute atomic E-state index is 5.23. The van der Waals surface area contributed by atoms with Crippen molar-refractivity contribution in [1.29, 1.82) is 0 Å². The molecule has 0 unspecified atom stereocenters. The molecular formula is C19H23NO2. The Morgan fingerprint density at radius 1 is 0.773 bits per heavy atom. The first-order chi connectivity index (χ1) is 10.7. The van der Waals surface area contributed by atoms with E-state index in [9.17, 15) is 0 Å². The molecule has 2 aromatic rings. The van der Waals surface area contributed by atoms with E-state index < -0.39 is 0 Å². The first-order valence-electron chi connectivity index (χ1n) is 7.70. The van der Waals surface area contributed by atoms with Crippen LogP contribution in [0.25, 0.3) is 0 Å². The fraction of sp³-hybridized carbons (Fsp3) is 0.368. The van der Waals surface area contributed by atoms with Crippen LogP contribution >= 0.6 is 0 Å². The zero-order valence-corrected chi connectivity index (χ0v) is 13.3. The Kier molecular flexibility index (Phi) is 4.34. The van der Waals surface area contributed by atoms with Gasteiger partial charge in [0.15, 0.2) is 0 Å². The van der Waals surface area contributed by atoms with Crippen LogP contribution in [0.15, 0.2) is 48.5 Å². The third kappa shape index (κ3) is 3.25. The number of rotatable bonds is 6. The van der Waals surface area contributed by atoms with Gasteiger partial charge in [-0.1, -0.05) is 24.3 Å². The molecule has 2 aromatic carbocycles. The SMILES string of the molecule is COc1ccc(CC2(Cc3ccc(OC)cc3)CNC2)cc1. The molecule has 1 saturated heterocycles. The molecule has 1 aliphatic rings. The average Bonchev–Trinajstić information content (AvgIpc) is 2.54. The normalized spacial score (nSPS) is 15.9. The van der Waals surface area contributed by atoms with Gasteiger partial charge in [-0.05, 0) is 48.2 Å². The summed E-state index contributed by atoms with van der Waals surface area (Å²) < 4.78 is 10.5. The molecular weight excluding hydrogens is 274 g/mol. The van der Waals surface area contributed by atoms with Crippen LogP contribution in [0.3, 0.4) is 0 Å². The van der Waals surface area contributed by atoms with E-state index in [0.717, 1.165) is 37.4 Å². The molecule has 0 radical (unpaired) electrons. The molecule has 0 aliphatic carbocycles. The van der Waals surface area contributed by atoms with Gasteiger partial charge in [-0.25, -0.2) is 0 Å². The molecule has 1 fully saturated rings. The van der Waals surface area contributed by atoms with Crippen LogP contribution in [-0.4, -0.2) is 27.3 Å². The fourth-order valence-corrected chi connectivity index (χ4v) is 3.14. The fourth-order valence-electron chi connectivity index (χ4n) is 3.14. The summed E-state index contributed by atoms with van der Waals surface area (Å²) >= 11 is 0. The lowest BCUT2D eigenvalue weighted by atomic mass is 9.72. The molecule has 3 rings (SSSR count). The van der Waals surface area contributed by atoms with Gasteiger partial charge in [0, 0.05) is 18.5 Å². The Hall–Kier alpha value is -2.00. The van der Waals surface area contributed by atoms with E-state index in [1.165, 1.54) is 11.1 Å². The van der Waals surface area contributed by atoms with E-state index in [0.29, 0.717) is 5.41 Å². The van der Waals surface area contributed by atoms with Crippen LogP contribution in [-0.2, 0) is 12.8 Å². The standard InChI is InChI=1S/C19H23NO2/c1-21-17-7-3-15(4-8-17)11-19(13-20-14-19)12-16-5-9-18(22-2)10-6-16/h3-10,20H,11-14H2,1-2H3. The number of benzene rings is 2. The van der Waals surface area contributed by atoms with E-state index in [4.69, 9.17) is 9.47 Å². The Morgan fingerprint density at radius 3 is 1.45 bits per heavy atom. The minimum absolute atomic E-state index is 0.323. The highest BCUT2D eigenvalue weighted by Gasteiger charge is 2.36. The highest BCUT2D eigenvalue weighted by Crippen LogP contribution is 2.33. The molecule has 1 aliphatic heterocycles. The Morgan fingerprint density at radius 2 is 1.18 bits per heavy atom. The van der Waals surface area contributed by atoms with E-state index in [1.807, 2.05) is 24.3 Å². The summed E-state index contributed by atoms with van der Waals surface area (Å²) in [6.07, 6.45) is 2.19. The van der Waals surface area contributed by atoms with Crippen molar-refractivity contribution in [1.82, 2.24) is 5.32 Å². The number of hydrogen-bond donors (Lipinski definition) is 1. The molecule has 0 amide bonds. The summed E-state index contributed by atoms with van der Waals surface area (Å²) in [6.45, 7) is 2.15. The maximum atomic E-state index is 5.23.